The maximum atomic E-state index is 10.3. The van der Waals surface area contributed by atoms with Gasteiger partial charge in [-0.25, -0.2) is 9.78 Å². The SMILES string of the molecule is C=CCc1cnc(C(=O)O)[nH]1. The second kappa shape index (κ2) is 3.01. The topological polar surface area (TPSA) is 66.0 Å². The number of nitrogens with one attached hydrogen (secondary N) is 1. The minimum Gasteiger partial charge on any atom is -0.475 e. The van der Waals surface area contributed by atoms with E-state index in [2.05, 4.69) is 16.5 Å². The largest absolute Gasteiger partial charge is 0.475 e. The molecule has 0 saturated carbocycles. The molecule has 2 N–H and O–H groups in total. The fourth-order valence-corrected chi connectivity index (χ4v) is 0.727. The molecule has 0 radical (unpaired) electrons. The summed E-state index contributed by atoms with van der Waals surface area (Å²) in [5.74, 6) is -1.07. The van der Waals surface area contributed by atoms with E-state index in [0.717, 1.165) is 5.69 Å². The highest BCUT2D eigenvalue weighted by Crippen LogP contribution is 1.97. The van der Waals surface area contributed by atoms with Gasteiger partial charge < -0.3 is 10.1 Å². The molecule has 1 aromatic heterocycles. The molecule has 0 saturated heterocycles. The maximum absolute atomic E-state index is 10.3. The summed E-state index contributed by atoms with van der Waals surface area (Å²) in [6.07, 6.45) is 3.78. The summed E-state index contributed by atoms with van der Waals surface area (Å²) < 4.78 is 0. The third-order valence-electron chi connectivity index (χ3n) is 1.20. The number of nitrogens with zero attached hydrogens (tertiary/aromatic N) is 1. The first-order chi connectivity index (χ1) is 5.24. The highest BCUT2D eigenvalue weighted by atomic mass is 16.4. The highest BCUT2D eigenvalue weighted by molar-refractivity contribution is 5.83. The molecular weight excluding hydrogens is 144 g/mol. The van der Waals surface area contributed by atoms with Crippen molar-refractivity contribution >= 4 is 5.97 Å². The summed E-state index contributed by atoms with van der Waals surface area (Å²) in [4.78, 5) is 16.6. The van der Waals surface area contributed by atoms with Crippen LogP contribution in [0.2, 0.25) is 0 Å². The lowest BCUT2D eigenvalue weighted by molar-refractivity contribution is 0.0684. The van der Waals surface area contributed by atoms with Gasteiger partial charge in [-0.1, -0.05) is 6.08 Å². The molecule has 58 valence electrons. The predicted octanol–water partition coefficient (Wildman–Crippen LogP) is 0.836. The van der Waals surface area contributed by atoms with Crippen molar-refractivity contribution in [1.29, 1.82) is 0 Å². The number of aromatic nitrogens is 2. The Morgan fingerprint density at radius 3 is 3.09 bits per heavy atom. The van der Waals surface area contributed by atoms with Crippen LogP contribution in [0.5, 0.6) is 0 Å². The third kappa shape index (κ3) is 1.67. The number of hydrogen-bond donors (Lipinski definition) is 2. The van der Waals surface area contributed by atoms with Crippen LogP contribution in [0.3, 0.4) is 0 Å². The fraction of sp³-hybridized carbons (Fsp3) is 0.143. The van der Waals surface area contributed by atoms with Gasteiger partial charge >= 0.3 is 5.97 Å². The summed E-state index contributed by atoms with van der Waals surface area (Å²) in [6, 6.07) is 0. The standard InChI is InChI=1S/C7H8N2O2/c1-2-3-5-4-8-6(9-5)7(10)11/h2,4H,1,3H2,(H,8,9)(H,10,11). The van der Waals surface area contributed by atoms with Crippen molar-refractivity contribution in [2.24, 2.45) is 0 Å². The van der Waals surface area contributed by atoms with E-state index in [-0.39, 0.29) is 5.82 Å². The maximum Gasteiger partial charge on any atom is 0.371 e. The van der Waals surface area contributed by atoms with Gasteiger partial charge in [0.1, 0.15) is 0 Å². The lowest BCUT2D eigenvalue weighted by Gasteiger charge is -1.85. The molecule has 1 heterocycles. The number of aromatic carboxylic acids is 1. The van der Waals surface area contributed by atoms with Gasteiger partial charge in [-0.2, -0.15) is 0 Å². The Labute approximate surface area is 63.6 Å². The summed E-state index contributed by atoms with van der Waals surface area (Å²) in [5, 5.41) is 8.45. The van der Waals surface area contributed by atoms with Crippen molar-refractivity contribution in [3.05, 3.63) is 30.4 Å². The number of allylic oxidation sites excluding steroid dienone is 1. The van der Waals surface area contributed by atoms with Crippen molar-refractivity contribution in [3.63, 3.8) is 0 Å². The molecule has 0 amide bonds. The van der Waals surface area contributed by atoms with Crippen LogP contribution in [0, 0.1) is 0 Å². The Kier molecular flexibility index (Phi) is 2.06. The predicted molar refractivity (Wildman–Crippen MR) is 39.4 cm³/mol. The first-order valence-corrected chi connectivity index (χ1v) is 3.12. The molecule has 0 fully saturated rings. The van der Waals surface area contributed by atoms with Crippen molar-refractivity contribution < 1.29 is 9.90 Å². The molecule has 0 atom stereocenters. The van der Waals surface area contributed by atoms with E-state index in [0.29, 0.717) is 6.42 Å². The van der Waals surface area contributed by atoms with Gasteiger partial charge in [-0.05, 0) is 0 Å². The van der Waals surface area contributed by atoms with Gasteiger partial charge in [0, 0.05) is 18.3 Å². The number of aromatic amines is 1. The van der Waals surface area contributed by atoms with Crippen LogP contribution in [0.1, 0.15) is 16.3 Å². The quantitative estimate of drug-likeness (QED) is 0.630. The number of rotatable bonds is 3. The van der Waals surface area contributed by atoms with Crippen LogP contribution in [-0.2, 0) is 6.42 Å². The van der Waals surface area contributed by atoms with Gasteiger partial charge in [0.2, 0.25) is 5.82 Å². The normalized spacial score (nSPS) is 9.45. The summed E-state index contributed by atoms with van der Waals surface area (Å²) in [7, 11) is 0. The summed E-state index contributed by atoms with van der Waals surface area (Å²) in [6.45, 7) is 3.51. The number of carboxylic acid groups (broad SMARTS) is 1. The zero-order valence-electron chi connectivity index (χ0n) is 5.87. The number of carbonyl (C=O) groups is 1. The first-order valence-electron chi connectivity index (χ1n) is 3.12. The van der Waals surface area contributed by atoms with Crippen molar-refractivity contribution in [1.82, 2.24) is 9.97 Å². The Morgan fingerprint density at radius 1 is 1.91 bits per heavy atom. The molecule has 0 aliphatic rings. The van der Waals surface area contributed by atoms with E-state index in [9.17, 15) is 4.79 Å². The molecule has 11 heavy (non-hydrogen) atoms. The van der Waals surface area contributed by atoms with Gasteiger partial charge in [-0.3, -0.25) is 0 Å². The molecule has 0 aliphatic carbocycles. The van der Waals surface area contributed by atoms with Crippen molar-refractivity contribution in [2.75, 3.05) is 0 Å². The summed E-state index contributed by atoms with van der Waals surface area (Å²) >= 11 is 0. The van der Waals surface area contributed by atoms with E-state index in [1.807, 2.05) is 0 Å². The van der Waals surface area contributed by atoms with Crippen LogP contribution < -0.4 is 0 Å². The van der Waals surface area contributed by atoms with Crippen LogP contribution in [0.25, 0.3) is 0 Å². The molecule has 0 unspecified atom stereocenters. The smallest absolute Gasteiger partial charge is 0.371 e. The van der Waals surface area contributed by atoms with Crippen molar-refractivity contribution in [2.45, 2.75) is 6.42 Å². The fourth-order valence-electron chi connectivity index (χ4n) is 0.727. The van der Waals surface area contributed by atoms with E-state index in [1.54, 1.807) is 6.08 Å². The zero-order chi connectivity index (χ0) is 8.27. The van der Waals surface area contributed by atoms with Gasteiger partial charge in [0.05, 0.1) is 0 Å². The average molecular weight is 152 g/mol. The third-order valence-corrected chi connectivity index (χ3v) is 1.20. The molecule has 1 rings (SSSR count). The monoisotopic (exact) mass is 152 g/mol. The molecule has 0 aromatic carbocycles. The van der Waals surface area contributed by atoms with Crippen LogP contribution >= 0.6 is 0 Å². The Bertz CT molecular complexity index is 278. The molecular formula is C7H8N2O2. The van der Waals surface area contributed by atoms with E-state index in [1.165, 1.54) is 6.20 Å². The molecule has 4 heteroatoms. The minimum absolute atomic E-state index is 0.0261. The van der Waals surface area contributed by atoms with Gasteiger partial charge in [0.25, 0.3) is 0 Å². The molecule has 1 aromatic rings. The van der Waals surface area contributed by atoms with Crippen molar-refractivity contribution in [3.8, 4) is 0 Å². The lowest BCUT2D eigenvalue weighted by Crippen LogP contribution is -1.98. The van der Waals surface area contributed by atoms with Crippen LogP contribution in [-0.4, -0.2) is 21.0 Å². The second-order valence-corrected chi connectivity index (χ2v) is 2.05. The number of imidazole rings is 1. The highest BCUT2D eigenvalue weighted by Gasteiger charge is 2.05. The van der Waals surface area contributed by atoms with Gasteiger partial charge in [-0.15, -0.1) is 6.58 Å². The average Bonchev–Trinajstić information content (AvgIpc) is 2.37. The zero-order valence-corrected chi connectivity index (χ0v) is 5.87. The number of hydrogen-bond acceptors (Lipinski definition) is 2. The van der Waals surface area contributed by atoms with E-state index >= 15 is 0 Å². The Morgan fingerprint density at radius 2 is 2.64 bits per heavy atom. The van der Waals surface area contributed by atoms with Crippen LogP contribution in [0.15, 0.2) is 18.9 Å². The second-order valence-electron chi connectivity index (χ2n) is 2.05. The Hall–Kier alpha value is -1.58. The summed E-state index contributed by atoms with van der Waals surface area (Å²) in [5.41, 5.74) is 0.761. The molecule has 0 bridgehead atoms. The number of carboxylic acids is 1. The molecule has 0 spiro atoms. The lowest BCUT2D eigenvalue weighted by atomic mass is 10.3. The first kappa shape index (κ1) is 7.53. The Balaban J connectivity index is 2.81. The van der Waals surface area contributed by atoms with Gasteiger partial charge in [0.15, 0.2) is 0 Å². The van der Waals surface area contributed by atoms with E-state index in [4.69, 9.17) is 5.11 Å². The minimum atomic E-state index is -1.04. The molecule has 4 nitrogen and oxygen atoms in total. The molecule has 0 aliphatic heterocycles. The van der Waals surface area contributed by atoms with Crippen LogP contribution in [0.4, 0.5) is 0 Å². The van der Waals surface area contributed by atoms with E-state index < -0.39 is 5.97 Å². The number of H-pyrrole nitrogens is 1.